The summed E-state index contributed by atoms with van der Waals surface area (Å²) in [7, 11) is 0. The molecule has 0 saturated carbocycles. The number of anilines is 1. The second kappa shape index (κ2) is 13.0. The van der Waals surface area contributed by atoms with Crippen molar-refractivity contribution in [2.75, 3.05) is 24.5 Å². The molecule has 0 unspecified atom stereocenters. The molecule has 0 spiro atoms. The lowest BCUT2D eigenvalue weighted by molar-refractivity contribution is -0.128. The number of piperidine rings is 1. The molecule has 0 aliphatic carbocycles. The van der Waals surface area contributed by atoms with Gasteiger partial charge in [0.2, 0.25) is 5.91 Å². The summed E-state index contributed by atoms with van der Waals surface area (Å²) in [4.78, 5) is 42.6. The fourth-order valence-electron chi connectivity index (χ4n) is 6.04. The largest absolute Gasteiger partial charge is 0.508 e. The van der Waals surface area contributed by atoms with Crippen LogP contribution in [0.4, 0.5) is 5.69 Å². The average Bonchev–Trinajstić information content (AvgIpc) is 3.43. The molecular formula is C35H34ClN3O5. The molecule has 226 valence electrons. The molecule has 44 heavy (non-hydrogen) atoms. The first kappa shape index (κ1) is 29.5. The number of para-hydroxylation sites is 1. The molecule has 3 heterocycles. The van der Waals surface area contributed by atoms with Gasteiger partial charge in [0, 0.05) is 49.4 Å². The van der Waals surface area contributed by atoms with Crippen molar-refractivity contribution in [2.45, 2.75) is 44.7 Å². The predicted octanol–water partition coefficient (Wildman–Crippen LogP) is 5.84. The summed E-state index contributed by atoms with van der Waals surface area (Å²) < 4.78 is 5.75. The van der Waals surface area contributed by atoms with Crippen molar-refractivity contribution in [3.05, 3.63) is 117 Å². The van der Waals surface area contributed by atoms with Crippen molar-refractivity contribution in [3.63, 3.8) is 0 Å². The van der Waals surface area contributed by atoms with Gasteiger partial charge in [0.1, 0.15) is 11.3 Å². The second-order valence-corrected chi connectivity index (χ2v) is 11.9. The molecule has 8 nitrogen and oxygen atoms in total. The molecule has 2 saturated heterocycles. The van der Waals surface area contributed by atoms with Crippen LogP contribution in [0.2, 0.25) is 5.02 Å². The van der Waals surface area contributed by atoms with Gasteiger partial charge in [0.15, 0.2) is 11.2 Å². The smallest absolute Gasteiger partial charge is 0.287 e. The predicted molar refractivity (Wildman–Crippen MR) is 171 cm³/mol. The zero-order valence-corrected chi connectivity index (χ0v) is 25.1. The number of hydrogen-bond donors (Lipinski definition) is 2. The number of amides is 2. The number of aromatic hydroxyl groups is 1. The number of halogens is 1. The molecule has 4 aromatic rings. The van der Waals surface area contributed by atoms with E-state index in [9.17, 15) is 19.5 Å². The van der Waals surface area contributed by atoms with Crippen LogP contribution >= 0.6 is 11.6 Å². The lowest BCUT2D eigenvalue weighted by Gasteiger charge is -2.33. The number of carbonyl (C=O) groups excluding carboxylic acids is 2. The van der Waals surface area contributed by atoms with Gasteiger partial charge in [-0.1, -0.05) is 53.6 Å². The number of phenols is 1. The molecular weight excluding hydrogens is 578 g/mol. The summed E-state index contributed by atoms with van der Waals surface area (Å²) in [5.41, 5.74) is 4.40. The quantitative estimate of drug-likeness (QED) is 0.243. The molecule has 1 atom stereocenters. The zero-order valence-electron chi connectivity index (χ0n) is 24.3. The summed E-state index contributed by atoms with van der Waals surface area (Å²) in [6, 6.07) is 20.9. The Bertz CT molecular complexity index is 1770. The van der Waals surface area contributed by atoms with Crippen LogP contribution in [0.1, 0.15) is 47.4 Å². The number of likely N-dealkylation sites (tertiary alicyclic amines) is 1. The van der Waals surface area contributed by atoms with Gasteiger partial charge in [-0.15, -0.1) is 0 Å². The monoisotopic (exact) mass is 611 g/mol. The van der Waals surface area contributed by atoms with E-state index in [-0.39, 0.29) is 34.4 Å². The number of fused-ring (bicyclic) bond motifs is 1. The van der Waals surface area contributed by atoms with Gasteiger partial charge in [0.25, 0.3) is 5.91 Å². The maximum Gasteiger partial charge on any atom is 0.287 e. The zero-order chi connectivity index (χ0) is 30.6. The van der Waals surface area contributed by atoms with E-state index in [1.54, 1.807) is 0 Å². The van der Waals surface area contributed by atoms with Crippen LogP contribution < -0.4 is 15.6 Å². The van der Waals surface area contributed by atoms with E-state index >= 15 is 0 Å². The summed E-state index contributed by atoms with van der Waals surface area (Å²) in [6.45, 7) is 3.10. The molecule has 2 aliphatic heterocycles. The molecule has 2 fully saturated rings. The maximum absolute atomic E-state index is 13.4. The Kier molecular flexibility index (Phi) is 8.70. The lowest BCUT2D eigenvalue weighted by atomic mass is 9.97. The van der Waals surface area contributed by atoms with Crippen LogP contribution in [0.25, 0.3) is 11.0 Å². The highest BCUT2D eigenvalue weighted by Crippen LogP contribution is 2.29. The Labute approximate surface area is 260 Å². The normalized spacial score (nSPS) is 15.9. The van der Waals surface area contributed by atoms with Crippen molar-refractivity contribution in [1.29, 1.82) is 0 Å². The van der Waals surface area contributed by atoms with E-state index in [0.29, 0.717) is 24.4 Å². The van der Waals surface area contributed by atoms with Crippen LogP contribution in [0.15, 0.2) is 93.7 Å². The third-order valence-electron chi connectivity index (χ3n) is 8.33. The maximum atomic E-state index is 13.4. The number of nitrogens with zero attached hydrogens (tertiary/aromatic N) is 2. The van der Waals surface area contributed by atoms with Crippen molar-refractivity contribution in [3.8, 4) is 5.75 Å². The highest BCUT2D eigenvalue weighted by Gasteiger charge is 2.24. The van der Waals surface area contributed by atoms with Crippen LogP contribution in [0.3, 0.4) is 0 Å². The van der Waals surface area contributed by atoms with E-state index in [4.69, 9.17) is 16.0 Å². The van der Waals surface area contributed by atoms with Gasteiger partial charge >= 0.3 is 0 Å². The van der Waals surface area contributed by atoms with Gasteiger partial charge in [-0.05, 0) is 73.2 Å². The van der Waals surface area contributed by atoms with Gasteiger partial charge in [-0.3, -0.25) is 14.4 Å². The summed E-state index contributed by atoms with van der Waals surface area (Å²) in [6.07, 6.45) is 5.87. The van der Waals surface area contributed by atoms with Gasteiger partial charge in [-0.2, -0.15) is 0 Å². The van der Waals surface area contributed by atoms with Crippen molar-refractivity contribution >= 4 is 40.1 Å². The fourth-order valence-corrected chi connectivity index (χ4v) is 6.16. The van der Waals surface area contributed by atoms with Crippen molar-refractivity contribution in [2.24, 2.45) is 0 Å². The minimum absolute atomic E-state index is 0.0483. The van der Waals surface area contributed by atoms with Crippen LogP contribution in [-0.2, 0) is 17.8 Å². The molecule has 2 amide bonds. The van der Waals surface area contributed by atoms with Gasteiger partial charge in [-0.25, -0.2) is 0 Å². The molecule has 2 N–H and O–H groups in total. The first-order chi connectivity index (χ1) is 21.3. The fraction of sp³-hybridized carbons (Fsp3) is 0.286. The van der Waals surface area contributed by atoms with E-state index in [2.05, 4.69) is 28.4 Å². The van der Waals surface area contributed by atoms with Crippen molar-refractivity contribution < 1.29 is 19.1 Å². The summed E-state index contributed by atoms with van der Waals surface area (Å²) in [5.74, 6) is -0.404. The number of carbonyl (C=O) groups is 2. The third kappa shape index (κ3) is 6.81. The Morgan fingerprint density at radius 1 is 0.977 bits per heavy atom. The van der Waals surface area contributed by atoms with E-state index in [0.717, 1.165) is 61.8 Å². The summed E-state index contributed by atoms with van der Waals surface area (Å²) >= 11 is 6.11. The number of benzene rings is 3. The van der Waals surface area contributed by atoms with Gasteiger partial charge in [0.05, 0.1) is 11.4 Å². The molecule has 9 heteroatoms. The van der Waals surface area contributed by atoms with Crippen LogP contribution in [0.5, 0.6) is 5.75 Å². The Morgan fingerprint density at radius 2 is 1.75 bits per heavy atom. The number of hydrogen-bond acceptors (Lipinski definition) is 6. The molecule has 1 aromatic heterocycles. The molecule has 3 aromatic carbocycles. The molecule has 6 rings (SSSR count). The third-order valence-corrected chi connectivity index (χ3v) is 8.58. The second-order valence-electron chi connectivity index (χ2n) is 11.4. The molecule has 0 radical (unpaired) electrons. The van der Waals surface area contributed by atoms with Crippen molar-refractivity contribution in [1.82, 2.24) is 10.2 Å². The van der Waals surface area contributed by atoms with E-state index in [1.165, 1.54) is 23.8 Å². The minimum Gasteiger partial charge on any atom is -0.508 e. The van der Waals surface area contributed by atoms with E-state index in [1.807, 2.05) is 41.3 Å². The van der Waals surface area contributed by atoms with Crippen LogP contribution in [-0.4, -0.2) is 47.5 Å². The number of nitrogens with one attached hydrogen (secondary N) is 1. The highest BCUT2D eigenvalue weighted by atomic mass is 35.5. The first-order valence-corrected chi connectivity index (χ1v) is 15.3. The Balaban J connectivity index is 1.19. The SMILES string of the molecule is O=C(N[C@@H](C=C1CCN(c2ccccc2CN2CCCC2=O)CC1)Cc1ccc(Cl)cc1)c1cc(=O)c2cc(O)ccc2o1. The Hall–Kier alpha value is -4.56. The summed E-state index contributed by atoms with van der Waals surface area (Å²) in [5, 5.41) is 13.6. The molecule has 0 bridgehead atoms. The lowest BCUT2D eigenvalue weighted by Crippen LogP contribution is -2.37. The average molecular weight is 612 g/mol. The van der Waals surface area contributed by atoms with Gasteiger partial charge < -0.3 is 24.6 Å². The minimum atomic E-state index is -0.490. The van der Waals surface area contributed by atoms with E-state index < -0.39 is 11.3 Å². The standard InChI is InChI=1S/C35H34ClN3O5/c36-26-9-7-23(8-10-26)18-27(37-35(43)33-21-31(41)29-20-28(40)11-12-32(29)44-33)19-24-13-16-38(17-14-24)30-5-2-1-4-25(30)22-39-15-3-6-34(39)42/h1-2,4-5,7-12,19-21,27,40H,3,6,13-18,22H2,(H,37,43)/t27-/m1/s1. The Morgan fingerprint density at radius 3 is 2.50 bits per heavy atom. The first-order valence-electron chi connectivity index (χ1n) is 14.9. The highest BCUT2D eigenvalue weighted by molar-refractivity contribution is 6.30. The molecule has 2 aliphatic rings. The number of phenolic OH excluding ortho intramolecular Hbond substituents is 1. The topological polar surface area (TPSA) is 103 Å². The number of rotatable bonds is 8. The van der Waals surface area contributed by atoms with Crippen LogP contribution in [0, 0.1) is 0 Å².